The van der Waals surface area contributed by atoms with Gasteiger partial charge in [0.25, 0.3) is 0 Å². The van der Waals surface area contributed by atoms with Crippen LogP contribution in [0.3, 0.4) is 0 Å². The van der Waals surface area contributed by atoms with Gasteiger partial charge in [0, 0.05) is 19.7 Å². The quantitative estimate of drug-likeness (QED) is 0.833. The lowest BCUT2D eigenvalue weighted by Crippen LogP contribution is -2.45. The number of nitrogens with zero attached hydrogens (tertiary/aromatic N) is 1. The van der Waals surface area contributed by atoms with Crippen molar-refractivity contribution < 1.29 is 9.84 Å². The van der Waals surface area contributed by atoms with E-state index >= 15 is 0 Å². The fourth-order valence-electron chi connectivity index (χ4n) is 3.61. The van der Waals surface area contributed by atoms with Crippen LogP contribution in [-0.2, 0) is 4.74 Å². The van der Waals surface area contributed by atoms with Crippen LogP contribution in [0.2, 0.25) is 0 Å². The molecule has 0 aromatic rings. The molecule has 0 spiro atoms. The van der Waals surface area contributed by atoms with E-state index in [9.17, 15) is 5.11 Å². The highest BCUT2D eigenvalue weighted by atomic mass is 16.5. The third-order valence-corrected chi connectivity index (χ3v) is 4.72. The Morgan fingerprint density at radius 2 is 2.11 bits per heavy atom. The molecule has 1 aliphatic heterocycles. The molecule has 0 aromatic heterocycles. The molecule has 0 radical (unpaired) electrons. The normalized spacial score (nSPS) is 37.4. The minimum Gasteiger partial charge on any atom is -0.393 e. The van der Waals surface area contributed by atoms with Gasteiger partial charge in [0.15, 0.2) is 0 Å². The Morgan fingerprint density at radius 3 is 2.89 bits per heavy atom. The summed E-state index contributed by atoms with van der Waals surface area (Å²) in [5.41, 5.74) is 0. The molecule has 112 valence electrons. The van der Waals surface area contributed by atoms with E-state index in [4.69, 9.17) is 4.74 Å². The van der Waals surface area contributed by atoms with Crippen LogP contribution >= 0.6 is 0 Å². The molecular formula is C16H31NO2. The van der Waals surface area contributed by atoms with Crippen LogP contribution in [0.4, 0.5) is 0 Å². The summed E-state index contributed by atoms with van der Waals surface area (Å²) >= 11 is 0. The summed E-state index contributed by atoms with van der Waals surface area (Å²) in [6, 6.07) is 0. The molecule has 1 saturated heterocycles. The summed E-state index contributed by atoms with van der Waals surface area (Å²) < 4.78 is 5.90. The second-order valence-electron chi connectivity index (χ2n) is 6.64. The van der Waals surface area contributed by atoms with Crippen LogP contribution < -0.4 is 0 Å². The van der Waals surface area contributed by atoms with E-state index in [0.29, 0.717) is 12.0 Å². The van der Waals surface area contributed by atoms with Gasteiger partial charge in [-0.15, -0.1) is 0 Å². The first-order chi connectivity index (χ1) is 9.19. The highest BCUT2D eigenvalue weighted by Gasteiger charge is 2.30. The van der Waals surface area contributed by atoms with E-state index in [-0.39, 0.29) is 6.10 Å². The standard InChI is InChI=1S/C16H31NO2/c1-3-9-19-15-5-4-8-17(12-15)11-14-10-13(2)6-7-16(14)18/h13-16,18H,3-12H2,1-2H3. The van der Waals surface area contributed by atoms with E-state index in [1.165, 1.54) is 32.2 Å². The van der Waals surface area contributed by atoms with Crippen molar-refractivity contribution in [3.63, 3.8) is 0 Å². The summed E-state index contributed by atoms with van der Waals surface area (Å²) in [5.74, 6) is 1.26. The molecule has 1 heterocycles. The summed E-state index contributed by atoms with van der Waals surface area (Å²) in [6.07, 6.45) is 7.29. The Kier molecular flexibility index (Phi) is 6.11. The predicted octanol–water partition coefficient (Wildman–Crippen LogP) is 2.67. The molecular weight excluding hydrogens is 238 g/mol. The summed E-state index contributed by atoms with van der Waals surface area (Å²) in [6.45, 7) is 8.70. The van der Waals surface area contributed by atoms with Gasteiger partial charge in [0.1, 0.15) is 0 Å². The summed E-state index contributed by atoms with van der Waals surface area (Å²) in [5, 5.41) is 10.2. The maximum Gasteiger partial charge on any atom is 0.0702 e. The molecule has 3 nitrogen and oxygen atoms in total. The minimum absolute atomic E-state index is 0.0758. The first kappa shape index (κ1) is 15.3. The van der Waals surface area contributed by atoms with Gasteiger partial charge in [0.2, 0.25) is 0 Å². The SMILES string of the molecule is CCCOC1CCCN(CC2CC(C)CCC2O)C1. The van der Waals surface area contributed by atoms with Crippen molar-refractivity contribution >= 4 is 0 Å². The number of aliphatic hydroxyl groups is 1. The Bertz CT molecular complexity index is 259. The number of rotatable bonds is 5. The van der Waals surface area contributed by atoms with Crippen LogP contribution in [0.1, 0.15) is 52.4 Å². The molecule has 19 heavy (non-hydrogen) atoms. The van der Waals surface area contributed by atoms with Crippen LogP contribution in [0.25, 0.3) is 0 Å². The fourth-order valence-corrected chi connectivity index (χ4v) is 3.61. The van der Waals surface area contributed by atoms with Gasteiger partial charge in [-0.2, -0.15) is 0 Å². The lowest BCUT2D eigenvalue weighted by Gasteiger charge is -2.38. The van der Waals surface area contributed by atoms with E-state index < -0.39 is 0 Å². The second kappa shape index (κ2) is 7.61. The van der Waals surface area contributed by atoms with Gasteiger partial charge in [-0.05, 0) is 56.9 Å². The predicted molar refractivity (Wildman–Crippen MR) is 78.2 cm³/mol. The highest BCUT2D eigenvalue weighted by Crippen LogP contribution is 2.30. The number of piperidine rings is 1. The topological polar surface area (TPSA) is 32.7 Å². The van der Waals surface area contributed by atoms with Crippen LogP contribution in [0, 0.1) is 11.8 Å². The number of likely N-dealkylation sites (tertiary alicyclic amines) is 1. The number of aliphatic hydroxyl groups excluding tert-OH is 1. The average Bonchev–Trinajstić information content (AvgIpc) is 2.41. The molecule has 2 fully saturated rings. The molecule has 2 aliphatic rings. The molecule has 1 saturated carbocycles. The van der Waals surface area contributed by atoms with Gasteiger partial charge in [-0.1, -0.05) is 13.8 Å². The first-order valence-electron chi connectivity index (χ1n) is 8.21. The molecule has 1 N–H and O–H groups in total. The molecule has 2 rings (SSSR count). The zero-order valence-electron chi connectivity index (χ0n) is 12.7. The van der Waals surface area contributed by atoms with E-state index in [1.807, 2.05) is 0 Å². The van der Waals surface area contributed by atoms with Crippen molar-refractivity contribution in [2.45, 2.75) is 64.6 Å². The van der Waals surface area contributed by atoms with Crippen LogP contribution in [0.5, 0.6) is 0 Å². The van der Waals surface area contributed by atoms with E-state index in [1.54, 1.807) is 0 Å². The van der Waals surface area contributed by atoms with Gasteiger partial charge in [-0.3, -0.25) is 0 Å². The minimum atomic E-state index is -0.0758. The lowest BCUT2D eigenvalue weighted by molar-refractivity contribution is -0.0216. The van der Waals surface area contributed by atoms with Crippen LogP contribution in [-0.4, -0.2) is 48.5 Å². The molecule has 0 bridgehead atoms. The third kappa shape index (κ3) is 4.73. The van der Waals surface area contributed by atoms with Gasteiger partial charge in [0.05, 0.1) is 12.2 Å². The smallest absolute Gasteiger partial charge is 0.0702 e. The molecule has 1 aliphatic carbocycles. The van der Waals surface area contributed by atoms with Crippen molar-refractivity contribution in [3.8, 4) is 0 Å². The van der Waals surface area contributed by atoms with Crippen molar-refractivity contribution in [2.75, 3.05) is 26.2 Å². The van der Waals surface area contributed by atoms with Crippen molar-refractivity contribution in [3.05, 3.63) is 0 Å². The Balaban J connectivity index is 1.77. The lowest BCUT2D eigenvalue weighted by atomic mass is 9.80. The third-order valence-electron chi connectivity index (χ3n) is 4.72. The molecule has 0 amide bonds. The largest absolute Gasteiger partial charge is 0.393 e. The monoisotopic (exact) mass is 269 g/mol. The molecule has 4 atom stereocenters. The number of ether oxygens (including phenoxy) is 1. The Hall–Kier alpha value is -0.120. The summed E-state index contributed by atoms with van der Waals surface area (Å²) in [7, 11) is 0. The zero-order valence-corrected chi connectivity index (χ0v) is 12.7. The van der Waals surface area contributed by atoms with Crippen molar-refractivity contribution in [1.82, 2.24) is 4.90 Å². The zero-order chi connectivity index (χ0) is 13.7. The van der Waals surface area contributed by atoms with E-state index in [2.05, 4.69) is 18.7 Å². The molecule has 4 unspecified atom stereocenters. The maximum absolute atomic E-state index is 10.2. The summed E-state index contributed by atoms with van der Waals surface area (Å²) in [4.78, 5) is 2.52. The van der Waals surface area contributed by atoms with Gasteiger partial charge < -0.3 is 14.7 Å². The Morgan fingerprint density at radius 1 is 1.26 bits per heavy atom. The van der Waals surface area contributed by atoms with E-state index in [0.717, 1.165) is 38.5 Å². The van der Waals surface area contributed by atoms with Crippen molar-refractivity contribution in [2.24, 2.45) is 11.8 Å². The first-order valence-corrected chi connectivity index (χ1v) is 8.21. The second-order valence-corrected chi connectivity index (χ2v) is 6.64. The van der Waals surface area contributed by atoms with Gasteiger partial charge in [-0.25, -0.2) is 0 Å². The maximum atomic E-state index is 10.2. The molecule has 0 aromatic carbocycles. The molecule has 3 heteroatoms. The number of hydrogen-bond acceptors (Lipinski definition) is 3. The van der Waals surface area contributed by atoms with Crippen molar-refractivity contribution in [1.29, 1.82) is 0 Å². The van der Waals surface area contributed by atoms with Gasteiger partial charge >= 0.3 is 0 Å². The van der Waals surface area contributed by atoms with Crippen LogP contribution in [0.15, 0.2) is 0 Å². The average molecular weight is 269 g/mol. The Labute approximate surface area is 118 Å². The highest BCUT2D eigenvalue weighted by molar-refractivity contribution is 4.83. The fraction of sp³-hybridized carbons (Fsp3) is 1.00. The number of hydrogen-bond donors (Lipinski definition) is 1.